The van der Waals surface area contributed by atoms with Gasteiger partial charge in [0.2, 0.25) is 0 Å². The molecule has 1 amide bonds. The molecule has 0 bridgehead atoms. The van der Waals surface area contributed by atoms with E-state index in [1.54, 1.807) is 4.90 Å². The molecule has 0 fully saturated rings. The minimum atomic E-state index is -0.983. The van der Waals surface area contributed by atoms with Gasteiger partial charge < -0.3 is 10.0 Å². The van der Waals surface area contributed by atoms with E-state index in [4.69, 9.17) is 5.11 Å². The fourth-order valence-corrected chi connectivity index (χ4v) is 2.48. The third-order valence-electron chi connectivity index (χ3n) is 3.73. The summed E-state index contributed by atoms with van der Waals surface area (Å²) in [5.41, 5.74) is 2.47. The lowest BCUT2D eigenvalue weighted by Gasteiger charge is -2.16. The number of hydrogen-bond acceptors (Lipinski definition) is 3. The number of hydrogen-bond donors (Lipinski definition) is 1. The Kier molecular flexibility index (Phi) is 3.21. The van der Waals surface area contributed by atoms with E-state index in [9.17, 15) is 9.59 Å². The lowest BCUT2D eigenvalue weighted by molar-refractivity contribution is -0.140. The second-order valence-electron chi connectivity index (χ2n) is 5.06. The second kappa shape index (κ2) is 5.05. The van der Waals surface area contributed by atoms with Gasteiger partial charge in [-0.25, -0.2) is 4.79 Å². The zero-order valence-corrected chi connectivity index (χ0v) is 11.6. The molecule has 1 aromatic heterocycles. The van der Waals surface area contributed by atoms with Crippen LogP contribution in [0.3, 0.4) is 0 Å². The highest BCUT2D eigenvalue weighted by molar-refractivity contribution is 6.07. The van der Waals surface area contributed by atoms with E-state index in [1.807, 2.05) is 24.3 Å². The molecule has 1 unspecified atom stereocenters. The van der Waals surface area contributed by atoms with E-state index in [0.717, 1.165) is 17.7 Å². The van der Waals surface area contributed by atoms with Crippen molar-refractivity contribution in [2.45, 2.75) is 19.4 Å². The summed E-state index contributed by atoms with van der Waals surface area (Å²) < 4.78 is 1.29. The first kappa shape index (κ1) is 13.4. The van der Waals surface area contributed by atoms with Gasteiger partial charge in [0.1, 0.15) is 6.04 Å². The first-order chi connectivity index (χ1) is 10.1. The lowest BCUT2D eigenvalue weighted by atomic mass is 10.2. The Bertz CT molecular complexity index is 708. The van der Waals surface area contributed by atoms with Crippen molar-refractivity contribution in [1.82, 2.24) is 9.78 Å². The molecule has 1 atom stereocenters. The molecule has 1 N–H and O–H groups in total. The molecule has 2 heterocycles. The van der Waals surface area contributed by atoms with Gasteiger partial charge in [-0.15, -0.1) is 0 Å². The summed E-state index contributed by atoms with van der Waals surface area (Å²) in [6.45, 7) is 2.16. The second-order valence-corrected chi connectivity index (χ2v) is 5.06. The highest BCUT2D eigenvalue weighted by Crippen LogP contribution is 2.28. The largest absolute Gasteiger partial charge is 0.480 e. The number of benzene rings is 1. The molecule has 0 spiro atoms. The van der Waals surface area contributed by atoms with E-state index in [0.29, 0.717) is 12.1 Å². The summed E-state index contributed by atoms with van der Waals surface area (Å²) in [7, 11) is 0. The standard InChI is InChI=1S/C15H15N3O3/c1-10(15(20)21)18-9-12(8-16-18)14(19)17-7-6-11-4-2-3-5-13(11)17/h2-5,8-10H,6-7H2,1H3,(H,20,21). The predicted octanol–water partition coefficient (Wildman–Crippen LogP) is 1.73. The molecule has 0 aliphatic carbocycles. The molecule has 1 aliphatic rings. The number of aliphatic carboxylic acids is 1. The zero-order chi connectivity index (χ0) is 15.0. The summed E-state index contributed by atoms with van der Waals surface area (Å²) in [6.07, 6.45) is 3.74. The normalized spacial score (nSPS) is 14.8. The Labute approximate surface area is 121 Å². The molecule has 1 aliphatic heterocycles. The van der Waals surface area contributed by atoms with Crippen LogP contribution in [0.25, 0.3) is 0 Å². The number of aromatic nitrogens is 2. The fraction of sp³-hybridized carbons (Fsp3) is 0.267. The van der Waals surface area contributed by atoms with E-state index in [1.165, 1.54) is 24.0 Å². The van der Waals surface area contributed by atoms with E-state index in [-0.39, 0.29) is 5.91 Å². The fourth-order valence-electron chi connectivity index (χ4n) is 2.48. The van der Waals surface area contributed by atoms with Crippen LogP contribution in [-0.2, 0) is 11.2 Å². The minimum Gasteiger partial charge on any atom is -0.480 e. The van der Waals surface area contributed by atoms with Crippen LogP contribution in [0.2, 0.25) is 0 Å². The van der Waals surface area contributed by atoms with Crippen molar-refractivity contribution >= 4 is 17.6 Å². The quantitative estimate of drug-likeness (QED) is 0.932. The van der Waals surface area contributed by atoms with E-state index < -0.39 is 12.0 Å². The average Bonchev–Trinajstić information content (AvgIpc) is 3.12. The molecule has 6 heteroatoms. The summed E-state index contributed by atoms with van der Waals surface area (Å²) in [4.78, 5) is 25.2. The van der Waals surface area contributed by atoms with Gasteiger partial charge in [-0.05, 0) is 25.0 Å². The Morgan fingerprint density at radius 3 is 2.86 bits per heavy atom. The molecule has 2 aromatic rings. The number of carboxylic acids is 1. The molecule has 108 valence electrons. The third kappa shape index (κ3) is 2.29. The average molecular weight is 285 g/mol. The number of carboxylic acid groups (broad SMARTS) is 1. The molecule has 0 saturated carbocycles. The maximum Gasteiger partial charge on any atom is 0.328 e. The van der Waals surface area contributed by atoms with Gasteiger partial charge >= 0.3 is 5.97 Å². The van der Waals surface area contributed by atoms with Crippen molar-refractivity contribution in [1.29, 1.82) is 0 Å². The molecular weight excluding hydrogens is 270 g/mol. The van der Waals surface area contributed by atoms with Crippen molar-refractivity contribution in [3.05, 3.63) is 47.8 Å². The Morgan fingerprint density at radius 1 is 1.33 bits per heavy atom. The molecule has 1 aromatic carbocycles. The number of carbonyl (C=O) groups is 2. The minimum absolute atomic E-state index is 0.149. The highest BCUT2D eigenvalue weighted by atomic mass is 16.4. The number of carbonyl (C=O) groups excluding carboxylic acids is 1. The number of rotatable bonds is 3. The van der Waals surface area contributed by atoms with Crippen molar-refractivity contribution in [3.8, 4) is 0 Å². The first-order valence-corrected chi connectivity index (χ1v) is 6.74. The van der Waals surface area contributed by atoms with Crippen LogP contribution in [0.5, 0.6) is 0 Å². The van der Waals surface area contributed by atoms with Crippen molar-refractivity contribution in [2.24, 2.45) is 0 Å². The van der Waals surface area contributed by atoms with Gasteiger partial charge in [0, 0.05) is 18.4 Å². The monoisotopic (exact) mass is 285 g/mol. The van der Waals surface area contributed by atoms with Crippen LogP contribution < -0.4 is 4.90 Å². The van der Waals surface area contributed by atoms with Crippen molar-refractivity contribution in [2.75, 3.05) is 11.4 Å². The number of nitrogens with zero attached hydrogens (tertiary/aromatic N) is 3. The topological polar surface area (TPSA) is 75.4 Å². The van der Waals surface area contributed by atoms with Crippen molar-refractivity contribution < 1.29 is 14.7 Å². The molecule has 3 rings (SSSR count). The van der Waals surface area contributed by atoms with Gasteiger partial charge in [0.25, 0.3) is 5.91 Å². The van der Waals surface area contributed by atoms with Crippen LogP contribution in [0.15, 0.2) is 36.7 Å². The predicted molar refractivity (Wildman–Crippen MR) is 76.4 cm³/mol. The van der Waals surface area contributed by atoms with Crippen molar-refractivity contribution in [3.63, 3.8) is 0 Å². The molecule has 6 nitrogen and oxygen atoms in total. The SMILES string of the molecule is CC(C(=O)O)n1cc(C(=O)N2CCc3ccccc32)cn1. The Hall–Kier alpha value is -2.63. The summed E-state index contributed by atoms with van der Waals surface area (Å²) in [6, 6.07) is 7.00. The zero-order valence-electron chi connectivity index (χ0n) is 11.6. The summed E-state index contributed by atoms with van der Waals surface area (Å²) >= 11 is 0. The Balaban J connectivity index is 1.86. The van der Waals surface area contributed by atoms with Crippen LogP contribution in [-0.4, -0.2) is 33.3 Å². The van der Waals surface area contributed by atoms with Gasteiger partial charge in [0.15, 0.2) is 0 Å². The van der Waals surface area contributed by atoms with E-state index in [2.05, 4.69) is 5.10 Å². The first-order valence-electron chi connectivity index (χ1n) is 6.74. The number of para-hydroxylation sites is 1. The number of fused-ring (bicyclic) bond motifs is 1. The van der Waals surface area contributed by atoms with Gasteiger partial charge in [-0.2, -0.15) is 5.10 Å². The summed E-state index contributed by atoms with van der Waals surface area (Å²) in [5.74, 6) is -1.13. The number of amides is 1. The molecule has 0 radical (unpaired) electrons. The van der Waals surface area contributed by atoms with Crippen LogP contribution in [0, 0.1) is 0 Å². The molecule has 21 heavy (non-hydrogen) atoms. The van der Waals surface area contributed by atoms with Crippen LogP contribution in [0.4, 0.5) is 5.69 Å². The van der Waals surface area contributed by atoms with Crippen LogP contribution >= 0.6 is 0 Å². The third-order valence-corrected chi connectivity index (χ3v) is 3.73. The molecular formula is C15H15N3O3. The number of anilines is 1. The maximum absolute atomic E-state index is 12.5. The summed E-state index contributed by atoms with van der Waals surface area (Å²) in [5, 5.41) is 12.9. The van der Waals surface area contributed by atoms with E-state index >= 15 is 0 Å². The van der Waals surface area contributed by atoms with Gasteiger partial charge in [-0.1, -0.05) is 18.2 Å². The Morgan fingerprint density at radius 2 is 2.10 bits per heavy atom. The highest BCUT2D eigenvalue weighted by Gasteiger charge is 2.26. The van der Waals surface area contributed by atoms with Gasteiger partial charge in [-0.3, -0.25) is 9.48 Å². The lowest BCUT2D eigenvalue weighted by Crippen LogP contribution is -2.28. The smallest absolute Gasteiger partial charge is 0.328 e. The maximum atomic E-state index is 12.5. The van der Waals surface area contributed by atoms with Crippen LogP contribution in [0.1, 0.15) is 28.9 Å². The molecule has 0 saturated heterocycles. The van der Waals surface area contributed by atoms with Gasteiger partial charge in [0.05, 0.1) is 11.8 Å².